The Morgan fingerprint density at radius 2 is 2.17 bits per heavy atom. The molecule has 0 radical (unpaired) electrons. The fourth-order valence-electron chi connectivity index (χ4n) is 2.97. The summed E-state index contributed by atoms with van der Waals surface area (Å²) in [6, 6.07) is 7.97. The Balaban J connectivity index is 0.00000156. The summed E-state index contributed by atoms with van der Waals surface area (Å²) >= 11 is 1.53. The van der Waals surface area contributed by atoms with Crippen LogP contribution < -0.4 is 15.8 Å². The fraction of sp³-hybridized carbons (Fsp3) is 0.375. The molecule has 4 rings (SSSR count). The standard InChI is InChI=1S/C16H17N3O2S.ClH/c17-10-5-6-11-14(8-10)22-16(18-11)19-15(20)13-7-9-3-1-2-4-12(9)21-13;/h1-4,10,13H,5-8,17H2,(H,18,19,20);1H/t10-,13?;/m0./s1. The molecule has 1 aliphatic carbocycles. The normalized spacial score (nSPS) is 21.6. The lowest BCUT2D eigenvalue weighted by Crippen LogP contribution is -2.31. The third kappa shape index (κ3) is 3.20. The van der Waals surface area contributed by atoms with Crippen molar-refractivity contribution in [2.75, 3.05) is 5.32 Å². The SMILES string of the molecule is Cl.N[C@H]1CCc2nc(NC(=O)C3Cc4ccccc4O3)sc2C1. The van der Waals surface area contributed by atoms with Gasteiger partial charge in [0.2, 0.25) is 0 Å². The van der Waals surface area contributed by atoms with Crippen molar-refractivity contribution in [3.8, 4) is 5.75 Å². The lowest BCUT2D eigenvalue weighted by molar-refractivity contribution is -0.122. The summed E-state index contributed by atoms with van der Waals surface area (Å²) in [5.41, 5.74) is 8.14. The zero-order valence-electron chi connectivity index (χ0n) is 12.5. The number of ether oxygens (including phenoxy) is 1. The summed E-state index contributed by atoms with van der Waals surface area (Å²) in [5, 5.41) is 3.55. The summed E-state index contributed by atoms with van der Waals surface area (Å²) in [4.78, 5) is 18.1. The Hall–Kier alpha value is -1.63. The summed E-state index contributed by atoms with van der Waals surface area (Å²) in [6.07, 6.45) is 2.85. The molecule has 7 heteroatoms. The van der Waals surface area contributed by atoms with E-state index in [1.54, 1.807) is 0 Å². The van der Waals surface area contributed by atoms with Crippen LogP contribution in [0.25, 0.3) is 0 Å². The van der Waals surface area contributed by atoms with Crippen LogP contribution in [0.4, 0.5) is 5.13 Å². The first-order chi connectivity index (χ1) is 10.7. The van der Waals surface area contributed by atoms with Crippen molar-refractivity contribution in [3.05, 3.63) is 40.4 Å². The molecule has 1 aliphatic heterocycles. The van der Waals surface area contributed by atoms with E-state index in [0.717, 1.165) is 36.3 Å². The highest BCUT2D eigenvalue weighted by Gasteiger charge is 2.30. The average molecular weight is 352 g/mol. The molecular formula is C16H18ClN3O2S. The molecule has 1 unspecified atom stereocenters. The highest BCUT2D eigenvalue weighted by Crippen LogP contribution is 2.31. The minimum atomic E-state index is -0.472. The first-order valence-corrected chi connectivity index (χ1v) is 8.30. The molecule has 3 N–H and O–H groups in total. The minimum Gasteiger partial charge on any atom is -0.480 e. The van der Waals surface area contributed by atoms with Crippen molar-refractivity contribution in [1.29, 1.82) is 0 Å². The van der Waals surface area contributed by atoms with Gasteiger partial charge in [-0.15, -0.1) is 23.7 Å². The van der Waals surface area contributed by atoms with Crippen LogP contribution in [-0.4, -0.2) is 23.0 Å². The number of hydrogen-bond acceptors (Lipinski definition) is 5. The Kier molecular flexibility index (Phi) is 4.57. The van der Waals surface area contributed by atoms with E-state index in [1.165, 1.54) is 16.2 Å². The summed E-state index contributed by atoms with van der Waals surface area (Å²) in [6.45, 7) is 0. The van der Waals surface area contributed by atoms with Crippen molar-refractivity contribution in [1.82, 2.24) is 4.98 Å². The summed E-state index contributed by atoms with van der Waals surface area (Å²) in [7, 11) is 0. The molecule has 2 aromatic rings. The molecule has 0 saturated heterocycles. The molecule has 1 amide bonds. The van der Waals surface area contributed by atoms with Crippen molar-refractivity contribution in [2.45, 2.75) is 37.8 Å². The van der Waals surface area contributed by atoms with Gasteiger partial charge in [-0.05, 0) is 30.9 Å². The van der Waals surface area contributed by atoms with Crippen LogP contribution >= 0.6 is 23.7 Å². The van der Waals surface area contributed by atoms with Gasteiger partial charge >= 0.3 is 0 Å². The maximum atomic E-state index is 12.4. The molecule has 2 heterocycles. The highest BCUT2D eigenvalue weighted by molar-refractivity contribution is 7.15. The second kappa shape index (κ2) is 6.47. The van der Waals surface area contributed by atoms with Gasteiger partial charge in [-0.3, -0.25) is 10.1 Å². The number of nitrogens with zero attached hydrogens (tertiary/aromatic N) is 1. The van der Waals surface area contributed by atoms with E-state index in [0.29, 0.717) is 11.6 Å². The van der Waals surface area contributed by atoms with Crippen molar-refractivity contribution in [2.24, 2.45) is 5.73 Å². The molecule has 0 bridgehead atoms. The van der Waals surface area contributed by atoms with Crippen LogP contribution in [0, 0.1) is 0 Å². The van der Waals surface area contributed by atoms with Gasteiger partial charge in [-0.2, -0.15) is 0 Å². The summed E-state index contributed by atoms with van der Waals surface area (Å²) < 4.78 is 5.70. The molecule has 1 aromatic carbocycles. The third-order valence-electron chi connectivity index (χ3n) is 4.15. The second-order valence-electron chi connectivity index (χ2n) is 5.80. The number of halogens is 1. The number of hydrogen-bond donors (Lipinski definition) is 2. The Morgan fingerprint density at radius 3 is 3.00 bits per heavy atom. The van der Waals surface area contributed by atoms with Gasteiger partial charge in [0.15, 0.2) is 11.2 Å². The zero-order valence-corrected chi connectivity index (χ0v) is 14.1. The van der Waals surface area contributed by atoms with Crippen LogP contribution in [-0.2, 0) is 24.1 Å². The lowest BCUT2D eigenvalue weighted by atomic mass is 9.99. The zero-order chi connectivity index (χ0) is 15.1. The lowest BCUT2D eigenvalue weighted by Gasteiger charge is -2.15. The number of thiazole rings is 1. The first kappa shape index (κ1) is 16.2. The van der Waals surface area contributed by atoms with E-state index >= 15 is 0 Å². The van der Waals surface area contributed by atoms with Gasteiger partial charge in [0.25, 0.3) is 5.91 Å². The van der Waals surface area contributed by atoms with Gasteiger partial charge in [-0.25, -0.2) is 4.98 Å². The van der Waals surface area contributed by atoms with Crippen LogP contribution in [0.3, 0.4) is 0 Å². The number of fused-ring (bicyclic) bond motifs is 2. The van der Waals surface area contributed by atoms with Gasteiger partial charge in [0.05, 0.1) is 5.69 Å². The number of carbonyl (C=O) groups excluding carboxylic acids is 1. The maximum absolute atomic E-state index is 12.4. The minimum absolute atomic E-state index is 0. The van der Waals surface area contributed by atoms with Crippen LogP contribution in [0.15, 0.2) is 24.3 Å². The number of carbonyl (C=O) groups is 1. The quantitative estimate of drug-likeness (QED) is 0.870. The van der Waals surface area contributed by atoms with Crippen molar-refractivity contribution >= 4 is 34.8 Å². The predicted octanol–water partition coefficient (Wildman–Crippen LogP) is 2.32. The van der Waals surface area contributed by atoms with E-state index in [2.05, 4.69) is 10.3 Å². The first-order valence-electron chi connectivity index (χ1n) is 7.48. The van der Waals surface area contributed by atoms with Gasteiger partial charge in [-0.1, -0.05) is 18.2 Å². The molecule has 1 aromatic heterocycles. The monoisotopic (exact) mass is 351 g/mol. The maximum Gasteiger partial charge on any atom is 0.267 e. The molecule has 2 aliphatic rings. The molecule has 0 saturated carbocycles. The summed E-state index contributed by atoms with van der Waals surface area (Å²) in [5.74, 6) is 0.665. The number of benzene rings is 1. The third-order valence-corrected chi connectivity index (χ3v) is 5.18. The fourth-order valence-corrected chi connectivity index (χ4v) is 4.07. The van der Waals surface area contributed by atoms with E-state index in [9.17, 15) is 4.79 Å². The van der Waals surface area contributed by atoms with Crippen LogP contribution in [0.1, 0.15) is 22.6 Å². The van der Waals surface area contributed by atoms with Crippen molar-refractivity contribution < 1.29 is 9.53 Å². The molecular weight excluding hydrogens is 334 g/mol. The Labute approximate surface area is 144 Å². The predicted molar refractivity (Wildman–Crippen MR) is 92.6 cm³/mol. The average Bonchev–Trinajstić information content (AvgIpc) is 3.09. The Bertz CT molecular complexity index is 709. The number of para-hydroxylation sites is 1. The largest absolute Gasteiger partial charge is 0.480 e. The number of rotatable bonds is 2. The van der Waals surface area contributed by atoms with Gasteiger partial charge in [0.1, 0.15) is 5.75 Å². The number of anilines is 1. The molecule has 122 valence electrons. The van der Waals surface area contributed by atoms with Gasteiger partial charge < -0.3 is 10.5 Å². The molecule has 23 heavy (non-hydrogen) atoms. The van der Waals surface area contributed by atoms with E-state index in [-0.39, 0.29) is 24.4 Å². The molecule has 0 spiro atoms. The molecule has 0 fully saturated rings. The number of aromatic nitrogens is 1. The smallest absolute Gasteiger partial charge is 0.267 e. The number of nitrogens with one attached hydrogen (secondary N) is 1. The second-order valence-corrected chi connectivity index (χ2v) is 6.88. The Morgan fingerprint density at radius 1 is 1.35 bits per heavy atom. The van der Waals surface area contributed by atoms with Gasteiger partial charge in [0, 0.05) is 17.3 Å². The number of amides is 1. The number of aryl methyl sites for hydroxylation is 1. The van der Waals surface area contributed by atoms with E-state index in [1.807, 2.05) is 24.3 Å². The van der Waals surface area contributed by atoms with Crippen molar-refractivity contribution in [3.63, 3.8) is 0 Å². The topological polar surface area (TPSA) is 77.2 Å². The molecule has 2 atom stereocenters. The van der Waals surface area contributed by atoms with E-state index in [4.69, 9.17) is 10.5 Å². The number of nitrogens with two attached hydrogens (primary N) is 1. The van der Waals surface area contributed by atoms with Crippen LogP contribution in [0.5, 0.6) is 5.75 Å². The van der Waals surface area contributed by atoms with Crippen LogP contribution in [0.2, 0.25) is 0 Å². The highest BCUT2D eigenvalue weighted by atomic mass is 35.5. The molecule has 5 nitrogen and oxygen atoms in total. The van der Waals surface area contributed by atoms with E-state index < -0.39 is 6.10 Å².